The Hall–Kier alpha value is -3.15. The Balaban J connectivity index is 0.000000547. The Labute approximate surface area is 190 Å². The number of amides is 1. The highest BCUT2D eigenvalue weighted by molar-refractivity contribution is 6.64. The van der Waals surface area contributed by atoms with Gasteiger partial charge in [-0.25, -0.2) is 4.52 Å². The number of pyridine rings is 1. The molecule has 1 amide bonds. The van der Waals surface area contributed by atoms with Crippen molar-refractivity contribution in [3.05, 3.63) is 54.4 Å². The molecule has 1 saturated heterocycles. The minimum atomic E-state index is -0.450. The molecule has 0 bridgehead atoms. The number of rotatable bonds is 3. The van der Waals surface area contributed by atoms with Crippen LogP contribution in [0.15, 0.2) is 48.8 Å². The molecule has 7 nitrogen and oxygen atoms in total. The van der Waals surface area contributed by atoms with Crippen molar-refractivity contribution < 1.29 is 14.1 Å². The Morgan fingerprint density at radius 1 is 1.06 bits per heavy atom. The SMILES string of the molecule is CC.CC1(C)OB(c2cnn3ccc(-c4ccc(C#N)cc4)cc23)OC1(C)C.CNC=O. The highest BCUT2D eigenvalue weighted by Crippen LogP contribution is 2.36. The third-order valence-corrected chi connectivity index (χ3v) is 5.52. The molecule has 0 unspecified atom stereocenters. The van der Waals surface area contributed by atoms with Crippen molar-refractivity contribution >= 4 is 24.5 Å². The van der Waals surface area contributed by atoms with Crippen LogP contribution in [0.2, 0.25) is 0 Å². The Morgan fingerprint density at radius 2 is 1.62 bits per heavy atom. The molecule has 1 aliphatic rings. The first kappa shape index (κ1) is 25.1. The summed E-state index contributed by atoms with van der Waals surface area (Å²) in [7, 11) is 1.11. The van der Waals surface area contributed by atoms with E-state index in [1.807, 2.05) is 82.6 Å². The Kier molecular flexibility index (Phi) is 8.20. The van der Waals surface area contributed by atoms with Crippen molar-refractivity contribution in [2.75, 3.05) is 7.05 Å². The summed E-state index contributed by atoms with van der Waals surface area (Å²) < 4.78 is 14.2. The summed E-state index contributed by atoms with van der Waals surface area (Å²) in [5, 5.41) is 15.7. The minimum absolute atomic E-state index is 0.392. The van der Waals surface area contributed by atoms with Crippen molar-refractivity contribution in [3.8, 4) is 17.2 Å². The van der Waals surface area contributed by atoms with Crippen LogP contribution in [0.3, 0.4) is 0 Å². The number of aromatic nitrogens is 2. The van der Waals surface area contributed by atoms with Gasteiger partial charge in [-0.3, -0.25) is 4.79 Å². The normalized spacial score (nSPS) is 15.6. The fraction of sp³-hybridized carbons (Fsp3) is 0.375. The molecule has 3 heterocycles. The summed E-state index contributed by atoms with van der Waals surface area (Å²) in [6.45, 7) is 12.2. The van der Waals surface area contributed by atoms with Crippen molar-refractivity contribution in [1.29, 1.82) is 5.26 Å². The van der Waals surface area contributed by atoms with Gasteiger partial charge < -0.3 is 14.6 Å². The van der Waals surface area contributed by atoms with Crippen molar-refractivity contribution in [3.63, 3.8) is 0 Å². The molecule has 8 heteroatoms. The van der Waals surface area contributed by atoms with Gasteiger partial charge in [0.25, 0.3) is 0 Å². The molecule has 0 radical (unpaired) electrons. The quantitative estimate of drug-likeness (QED) is 0.503. The highest BCUT2D eigenvalue weighted by Gasteiger charge is 2.52. The fourth-order valence-electron chi connectivity index (χ4n) is 3.07. The van der Waals surface area contributed by atoms with Crippen molar-refractivity contribution in [2.24, 2.45) is 0 Å². The molecular formula is C24H31BN4O3. The van der Waals surface area contributed by atoms with Crippen LogP contribution < -0.4 is 10.8 Å². The number of hydrogen-bond acceptors (Lipinski definition) is 5. The number of fused-ring (bicyclic) bond motifs is 1. The molecule has 1 aliphatic heterocycles. The van der Waals surface area contributed by atoms with E-state index in [4.69, 9.17) is 19.4 Å². The van der Waals surface area contributed by atoms with Gasteiger partial charge in [0.1, 0.15) is 0 Å². The van der Waals surface area contributed by atoms with E-state index >= 15 is 0 Å². The smallest absolute Gasteiger partial charge is 0.399 e. The van der Waals surface area contributed by atoms with Crippen LogP contribution in [0.25, 0.3) is 16.6 Å². The number of carbonyl (C=O) groups is 1. The molecule has 0 spiro atoms. The van der Waals surface area contributed by atoms with E-state index in [9.17, 15) is 0 Å². The maximum absolute atomic E-state index is 9.06. The van der Waals surface area contributed by atoms with Crippen LogP contribution in [0.5, 0.6) is 0 Å². The first-order valence-corrected chi connectivity index (χ1v) is 10.7. The fourth-order valence-corrected chi connectivity index (χ4v) is 3.07. The Bertz CT molecular complexity index is 1070. The summed E-state index contributed by atoms with van der Waals surface area (Å²) in [5.74, 6) is 0. The largest absolute Gasteiger partial charge is 0.498 e. The lowest BCUT2D eigenvalue weighted by molar-refractivity contribution is -0.109. The Morgan fingerprint density at radius 3 is 2.12 bits per heavy atom. The van der Waals surface area contributed by atoms with E-state index in [0.717, 1.165) is 22.1 Å². The standard InChI is InChI=1S/C20H20BN3O2.C2H5NO.C2H6/c1-19(2)20(3,4)26-21(25-19)17-13-23-24-10-9-16(11-18(17)24)15-7-5-14(12-22)6-8-15;1-3-2-4;1-2/h5-11,13H,1-4H3;2H,1H3,(H,3,4);1-2H3. The van der Waals surface area contributed by atoms with E-state index < -0.39 is 18.3 Å². The van der Waals surface area contributed by atoms with Gasteiger partial charge in [-0.15, -0.1) is 0 Å². The monoisotopic (exact) mass is 434 g/mol. The second-order valence-electron chi connectivity index (χ2n) is 8.03. The summed E-state index contributed by atoms with van der Waals surface area (Å²) in [4.78, 5) is 9.06. The number of nitriles is 1. The van der Waals surface area contributed by atoms with Crippen LogP contribution in [0.1, 0.15) is 47.1 Å². The van der Waals surface area contributed by atoms with Gasteiger partial charge in [-0.2, -0.15) is 10.4 Å². The molecule has 3 aromatic rings. The van der Waals surface area contributed by atoms with Crippen molar-refractivity contribution in [1.82, 2.24) is 14.9 Å². The van der Waals surface area contributed by atoms with E-state index in [-0.39, 0.29) is 0 Å². The lowest BCUT2D eigenvalue weighted by Crippen LogP contribution is -2.41. The topological polar surface area (TPSA) is 88.7 Å². The summed E-state index contributed by atoms with van der Waals surface area (Å²) in [5.41, 5.74) is 3.84. The number of nitrogens with one attached hydrogen (secondary N) is 1. The first-order valence-electron chi connectivity index (χ1n) is 10.7. The lowest BCUT2D eigenvalue weighted by atomic mass is 9.80. The van der Waals surface area contributed by atoms with Crippen LogP contribution in [-0.2, 0) is 14.1 Å². The van der Waals surface area contributed by atoms with Crippen LogP contribution in [-0.4, -0.2) is 41.4 Å². The van der Waals surface area contributed by atoms with Crippen molar-refractivity contribution in [2.45, 2.75) is 52.7 Å². The summed E-state index contributed by atoms with van der Waals surface area (Å²) in [6, 6.07) is 13.8. The number of benzene rings is 1. The van der Waals surface area contributed by atoms with E-state index in [2.05, 4.69) is 22.6 Å². The van der Waals surface area contributed by atoms with Crippen LogP contribution in [0.4, 0.5) is 0 Å². The molecule has 32 heavy (non-hydrogen) atoms. The maximum Gasteiger partial charge on any atom is 0.498 e. The molecule has 2 aromatic heterocycles. The molecule has 168 valence electrons. The maximum atomic E-state index is 9.06. The van der Waals surface area contributed by atoms with Gasteiger partial charge in [0.05, 0.1) is 28.4 Å². The molecule has 0 saturated carbocycles. The molecule has 4 rings (SSSR count). The second-order valence-corrected chi connectivity index (χ2v) is 8.03. The van der Waals surface area contributed by atoms with Crippen LogP contribution >= 0.6 is 0 Å². The molecule has 1 fully saturated rings. The number of carbonyl (C=O) groups excluding carboxylic acids is 1. The second kappa shape index (κ2) is 10.4. The van der Waals surface area contributed by atoms with E-state index in [1.54, 1.807) is 13.2 Å². The number of hydrogen-bond donors (Lipinski definition) is 1. The molecule has 1 N–H and O–H groups in total. The molecule has 0 aliphatic carbocycles. The zero-order valence-corrected chi connectivity index (χ0v) is 19.8. The van der Waals surface area contributed by atoms with Gasteiger partial charge in [-0.1, -0.05) is 26.0 Å². The molecule has 0 atom stereocenters. The van der Waals surface area contributed by atoms with Gasteiger partial charge in [-0.05, 0) is 63.1 Å². The summed E-state index contributed by atoms with van der Waals surface area (Å²) in [6.07, 6.45) is 4.36. The zero-order valence-electron chi connectivity index (χ0n) is 19.8. The predicted octanol–water partition coefficient (Wildman–Crippen LogP) is 3.56. The highest BCUT2D eigenvalue weighted by atomic mass is 16.7. The van der Waals surface area contributed by atoms with E-state index in [0.29, 0.717) is 12.0 Å². The lowest BCUT2D eigenvalue weighted by Gasteiger charge is -2.32. The van der Waals surface area contributed by atoms with Gasteiger partial charge in [0, 0.05) is 24.9 Å². The third kappa shape index (κ3) is 5.18. The number of nitrogens with zero attached hydrogens (tertiary/aromatic N) is 3. The summed E-state index contributed by atoms with van der Waals surface area (Å²) >= 11 is 0. The zero-order chi connectivity index (χ0) is 23.9. The average Bonchev–Trinajstić information content (AvgIpc) is 3.32. The average molecular weight is 434 g/mol. The van der Waals surface area contributed by atoms with E-state index in [1.165, 1.54) is 0 Å². The first-order chi connectivity index (χ1) is 15.2. The van der Waals surface area contributed by atoms with Crippen LogP contribution in [0, 0.1) is 11.3 Å². The molecular weight excluding hydrogens is 403 g/mol. The molecule has 1 aromatic carbocycles. The third-order valence-electron chi connectivity index (χ3n) is 5.52. The predicted molar refractivity (Wildman–Crippen MR) is 128 cm³/mol. The van der Waals surface area contributed by atoms with Gasteiger partial charge >= 0.3 is 7.12 Å². The van der Waals surface area contributed by atoms with Gasteiger partial charge in [0.15, 0.2) is 0 Å². The minimum Gasteiger partial charge on any atom is -0.399 e. The van der Waals surface area contributed by atoms with Gasteiger partial charge in [0.2, 0.25) is 6.41 Å².